The van der Waals surface area contributed by atoms with Gasteiger partial charge in [-0.15, -0.1) is 0 Å². The van der Waals surface area contributed by atoms with Crippen molar-refractivity contribution in [2.45, 2.75) is 25.8 Å². The average molecular weight is 302 g/mol. The molecule has 0 aliphatic carbocycles. The van der Waals surface area contributed by atoms with Crippen LogP contribution in [0.15, 0.2) is 42.6 Å². The quantitative estimate of drug-likeness (QED) is 0.853. The normalized spacial score (nSPS) is 16.8. The van der Waals surface area contributed by atoms with Crippen LogP contribution in [0.2, 0.25) is 0 Å². The Kier molecular flexibility index (Phi) is 4.78. The van der Waals surface area contributed by atoms with Gasteiger partial charge in [-0.2, -0.15) is 0 Å². The topological polar surface area (TPSA) is 16.1 Å². The second-order valence-electron chi connectivity index (χ2n) is 5.99. The van der Waals surface area contributed by atoms with Gasteiger partial charge in [0, 0.05) is 12.6 Å². The van der Waals surface area contributed by atoms with Crippen molar-refractivity contribution in [1.82, 2.24) is 9.88 Å². The molecule has 2 heterocycles. The fourth-order valence-electron chi connectivity index (χ4n) is 3.07. The lowest BCUT2D eigenvalue weighted by Gasteiger charge is -2.31. The lowest BCUT2D eigenvalue weighted by molar-refractivity contribution is 0.173. The van der Waals surface area contributed by atoms with Crippen molar-refractivity contribution in [2.24, 2.45) is 5.92 Å². The van der Waals surface area contributed by atoms with Gasteiger partial charge in [0.05, 0.1) is 11.9 Å². The van der Waals surface area contributed by atoms with Crippen molar-refractivity contribution < 1.29 is 8.78 Å². The summed E-state index contributed by atoms with van der Waals surface area (Å²) in [4.78, 5) is 6.07. The number of piperidine rings is 1. The van der Waals surface area contributed by atoms with Crippen LogP contribution in [0.25, 0.3) is 0 Å². The summed E-state index contributed by atoms with van der Waals surface area (Å²) in [6.07, 6.45) is 4.41. The molecule has 1 aliphatic rings. The standard InChI is InChI=1S/C18H20F2N2/c19-16-11-17(20)18(21-12-16)13-22-8-6-15(7-9-22)10-14-4-2-1-3-5-14/h1-5,11-12,15H,6-10,13H2. The molecular formula is C18H20F2N2. The molecule has 2 nitrogen and oxygen atoms in total. The number of nitrogens with zero attached hydrogens (tertiary/aromatic N) is 2. The molecule has 0 unspecified atom stereocenters. The van der Waals surface area contributed by atoms with E-state index < -0.39 is 11.6 Å². The van der Waals surface area contributed by atoms with E-state index in [1.807, 2.05) is 6.07 Å². The summed E-state index contributed by atoms with van der Waals surface area (Å²) in [6, 6.07) is 11.4. The fraction of sp³-hybridized carbons (Fsp3) is 0.389. The van der Waals surface area contributed by atoms with Gasteiger partial charge in [-0.3, -0.25) is 9.88 Å². The molecule has 0 spiro atoms. The number of pyridine rings is 1. The number of halogens is 2. The van der Waals surface area contributed by atoms with Crippen LogP contribution < -0.4 is 0 Å². The van der Waals surface area contributed by atoms with Crippen molar-refractivity contribution in [3.8, 4) is 0 Å². The maximum Gasteiger partial charge on any atom is 0.148 e. The van der Waals surface area contributed by atoms with Crippen molar-refractivity contribution >= 4 is 0 Å². The molecule has 1 aromatic carbocycles. The zero-order valence-corrected chi connectivity index (χ0v) is 12.5. The predicted octanol–water partition coefficient (Wildman–Crippen LogP) is 3.81. The minimum Gasteiger partial charge on any atom is -0.297 e. The van der Waals surface area contributed by atoms with E-state index in [2.05, 4.69) is 34.1 Å². The SMILES string of the molecule is Fc1cnc(CN2CCC(Cc3ccccc3)CC2)c(F)c1. The second kappa shape index (κ2) is 6.97. The molecule has 1 saturated heterocycles. The van der Waals surface area contributed by atoms with Crippen LogP contribution in [0.4, 0.5) is 8.78 Å². The van der Waals surface area contributed by atoms with E-state index in [0.717, 1.165) is 44.6 Å². The molecule has 116 valence electrons. The van der Waals surface area contributed by atoms with Crippen LogP contribution in [-0.2, 0) is 13.0 Å². The molecule has 2 aromatic rings. The highest BCUT2D eigenvalue weighted by Gasteiger charge is 2.20. The van der Waals surface area contributed by atoms with Crippen molar-refractivity contribution in [3.05, 3.63) is 65.5 Å². The first-order valence-electron chi connectivity index (χ1n) is 7.77. The predicted molar refractivity (Wildman–Crippen MR) is 82.3 cm³/mol. The van der Waals surface area contributed by atoms with E-state index in [1.54, 1.807) is 0 Å². The van der Waals surface area contributed by atoms with Gasteiger partial charge in [0.2, 0.25) is 0 Å². The summed E-state index contributed by atoms with van der Waals surface area (Å²) < 4.78 is 26.5. The number of likely N-dealkylation sites (tertiary alicyclic amines) is 1. The molecule has 1 fully saturated rings. The van der Waals surface area contributed by atoms with Crippen LogP contribution in [0.5, 0.6) is 0 Å². The van der Waals surface area contributed by atoms with Crippen LogP contribution >= 0.6 is 0 Å². The molecule has 0 atom stereocenters. The zero-order valence-electron chi connectivity index (χ0n) is 12.5. The summed E-state index contributed by atoms with van der Waals surface area (Å²) in [5.74, 6) is -0.487. The van der Waals surface area contributed by atoms with E-state index in [0.29, 0.717) is 18.2 Å². The fourth-order valence-corrected chi connectivity index (χ4v) is 3.07. The summed E-state index contributed by atoms with van der Waals surface area (Å²) in [6.45, 7) is 2.34. The number of rotatable bonds is 4. The Morgan fingerprint density at radius 2 is 1.82 bits per heavy atom. The zero-order chi connectivity index (χ0) is 15.4. The van der Waals surface area contributed by atoms with Gasteiger partial charge >= 0.3 is 0 Å². The lowest BCUT2D eigenvalue weighted by atomic mass is 9.90. The molecule has 0 saturated carbocycles. The van der Waals surface area contributed by atoms with Gasteiger partial charge in [-0.25, -0.2) is 8.78 Å². The maximum absolute atomic E-state index is 13.6. The Hall–Kier alpha value is -1.81. The van der Waals surface area contributed by atoms with Crippen molar-refractivity contribution in [3.63, 3.8) is 0 Å². The highest BCUT2D eigenvalue weighted by Crippen LogP contribution is 2.23. The van der Waals surface area contributed by atoms with Crippen LogP contribution in [-0.4, -0.2) is 23.0 Å². The Morgan fingerprint density at radius 3 is 2.50 bits per heavy atom. The Labute approximate surface area is 129 Å². The smallest absolute Gasteiger partial charge is 0.148 e. The molecular weight excluding hydrogens is 282 g/mol. The second-order valence-corrected chi connectivity index (χ2v) is 5.99. The Bertz CT molecular complexity index is 608. The first-order chi connectivity index (χ1) is 10.7. The molecule has 3 rings (SSSR count). The Balaban J connectivity index is 1.51. The first kappa shape index (κ1) is 15.1. The highest BCUT2D eigenvalue weighted by atomic mass is 19.1. The van der Waals surface area contributed by atoms with Gasteiger partial charge in [-0.1, -0.05) is 30.3 Å². The summed E-state index contributed by atoms with van der Waals surface area (Å²) in [5.41, 5.74) is 1.72. The minimum atomic E-state index is -0.622. The maximum atomic E-state index is 13.6. The third-order valence-electron chi connectivity index (χ3n) is 4.33. The van der Waals surface area contributed by atoms with Crippen molar-refractivity contribution in [1.29, 1.82) is 0 Å². The summed E-state index contributed by atoms with van der Waals surface area (Å²) >= 11 is 0. The summed E-state index contributed by atoms with van der Waals surface area (Å²) in [7, 11) is 0. The highest BCUT2D eigenvalue weighted by molar-refractivity contribution is 5.15. The third kappa shape index (κ3) is 3.89. The molecule has 0 bridgehead atoms. The van der Waals surface area contributed by atoms with E-state index in [9.17, 15) is 8.78 Å². The molecule has 1 aromatic heterocycles. The molecule has 0 N–H and O–H groups in total. The summed E-state index contributed by atoms with van der Waals surface area (Å²) in [5, 5.41) is 0. The van der Waals surface area contributed by atoms with Crippen LogP contribution in [0.1, 0.15) is 24.1 Å². The van der Waals surface area contributed by atoms with Gasteiger partial charge in [0.15, 0.2) is 0 Å². The Morgan fingerprint density at radius 1 is 1.09 bits per heavy atom. The monoisotopic (exact) mass is 302 g/mol. The van der Waals surface area contributed by atoms with Crippen LogP contribution in [0.3, 0.4) is 0 Å². The van der Waals surface area contributed by atoms with E-state index in [4.69, 9.17) is 0 Å². The third-order valence-corrected chi connectivity index (χ3v) is 4.33. The minimum absolute atomic E-state index is 0.336. The van der Waals surface area contributed by atoms with Gasteiger partial charge in [0.1, 0.15) is 11.6 Å². The number of aromatic nitrogens is 1. The first-order valence-corrected chi connectivity index (χ1v) is 7.77. The average Bonchev–Trinajstić information content (AvgIpc) is 2.53. The van der Waals surface area contributed by atoms with E-state index in [-0.39, 0.29) is 0 Å². The van der Waals surface area contributed by atoms with Crippen LogP contribution in [0, 0.1) is 17.6 Å². The molecule has 4 heteroatoms. The van der Waals surface area contributed by atoms with E-state index >= 15 is 0 Å². The van der Waals surface area contributed by atoms with Crippen molar-refractivity contribution in [2.75, 3.05) is 13.1 Å². The van der Waals surface area contributed by atoms with Gasteiger partial charge < -0.3 is 0 Å². The number of benzene rings is 1. The molecule has 0 amide bonds. The molecule has 0 radical (unpaired) electrons. The molecule has 1 aliphatic heterocycles. The lowest BCUT2D eigenvalue weighted by Crippen LogP contribution is -2.34. The van der Waals surface area contributed by atoms with E-state index in [1.165, 1.54) is 5.56 Å². The largest absolute Gasteiger partial charge is 0.297 e. The van der Waals surface area contributed by atoms with Gasteiger partial charge in [-0.05, 0) is 43.8 Å². The number of hydrogen-bond donors (Lipinski definition) is 0. The van der Waals surface area contributed by atoms with Gasteiger partial charge in [0.25, 0.3) is 0 Å². The molecule has 22 heavy (non-hydrogen) atoms. The number of hydrogen-bond acceptors (Lipinski definition) is 2.